The van der Waals surface area contributed by atoms with Gasteiger partial charge in [0, 0.05) is 48.7 Å². The van der Waals surface area contributed by atoms with E-state index in [2.05, 4.69) is 9.00 Å². The largest absolute Gasteiger partial charge is 0.392 e. The number of nitrogens with zero attached hydrogens (tertiary/aromatic N) is 3. The first-order valence-electron chi connectivity index (χ1n) is 12.2. The van der Waals surface area contributed by atoms with Crippen LogP contribution in [-0.4, -0.2) is 79.9 Å². The lowest BCUT2D eigenvalue weighted by Crippen LogP contribution is -3.12. The Morgan fingerprint density at radius 1 is 1.24 bits per heavy atom. The monoisotopic (exact) mass is 566 g/mol. The number of halogens is 1. The Kier molecular flexibility index (Phi) is 5.49. The van der Waals surface area contributed by atoms with Crippen molar-refractivity contribution >= 4 is 43.0 Å². The molecule has 3 fully saturated rings. The first-order valence-corrected chi connectivity index (χ1v) is 15.0. The Bertz CT molecular complexity index is 996. The van der Waals surface area contributed by atoms with Crippen molar-refractivity contribution in [1.29, 1.82) is 0 Å². The second kappa shape index (κ2) is 8.27. The zero-order valence-corrected chi connectivity index (χ0v) is 21.0. The highest BCUT2D eigenvalue weighted by molar-refractivity contribution is 14.2. The van der Waals surface area contributed by atoms with Crippen LogP contribution < -0.4 is 10.6 Å². The van der Waals surface area contributed by atoms with E-state index in [0.717, 1.165) is 32.1 Å². The number of alkyl halides is 1. The summed E-state index contributed by atoms with van der Waals surface area (Å²) in [4.78, 5) is 34.0. The van der Waals surface area contributed by atoms with Gasteiger partial charge in [-0.2, -0.15) is 0 Å². The number of piperidine rings is 2. The van der Waals surface area contributed by atoms with E-state index in [1.54, 1.807) is 10.5 Å². The molecule has 5 heterocycles. The highest BCUT2D eigenvalue weighted by Crippen LogP contribution is 2.55. The molecule has 0 aromatic heterocycles. The summed E-state index contributed by atoms with van der Waals surface area (Å²) in [5.41, 5.74) is 9.70. The summed E-state index contributed by atoms with van der Waals surface area (Å²) in [6.45, 7) is 2.50. The number of hydrogen-bond acceptors (Lipinski definition) is 4. The number of nitrogens with one attached hydrogen (secondary N) is 1. The molecule has 0 bridgehead atoms. The SMILES string of the molecule is NC(=O)N1CCCC(C(=O)N2CCC3(CC2)C[C@@H]([C@H]2C4=C(C=ICC4)C4=CN=C[NH+]42)[C@H]3O)C1. The highest BCUT2D eigenvalue weighted by Gasteiger charge is 2.61. The quantitative estimate of drug-likeness (QED) is 0.333. The number of aliphatic hydroxyl groups excluding tert-OH is 1. The van der Waals surface area contributed by atoms with Crippen LogP contribution in [0.5, 0.6) is 0 Å². The predicted molar refractivity (Wildman–Crippen MR) is 134 cm³/mol. The number of carbonyl (C=O) groups excluding carboxylic acids is 2. The van der Waals surface area contributed by atoms with Gasteiger partial charge in [0.1, 0.15) is 6.04 Å². The number of hydrogen-bond donors (Lipinski definition) is 3. The number of primary amides is 1. The molecular formula is C24H33IN5O3+. The molecule has 1 spiro atoms. The standard InChI is InChI=1S/C24H32IN5O3/c26-23(33)29-7-1-2-15(13-29)22(32)28-8-4-24(5-9-28)10-17(21(24)31)20-16-3-6-25-11-18(16)19-12-27-14-30(19)20/h11-12,14-15,17,20-21,31H,1-10,13H2,(H2,26,33)/p+1/t15?,17-,20+,21+/m0/s1. The maximum Gasteiger partial charge on any atom is 0.314 e. The molecule has 4 N–H and O–H groups in total. The summed E-state index contributed by atoms with van der Waals surface area (Å²) in [6, 6.07) is -0.0973. The van der Waals surface area contributed by atoms with Gasteiger partial charge in [-0.25, -0.2) is 9.79 Å². The molecule has 1 aliphatic carbocycles. The van der Waals surface area contributed by atoms with Crippen molar-refractivity contribution in [2.24, 2.45) is 28.0 Å². The number of carbonyl (C=O) groups is 2. The van der Waals surface area contributed by atoms with Crippen LogP contribution in [0.15, 0.2) is 28.0 Å². The molecule has 2 saturated heterocycles. The van der Waals surface area contributed by atoms with Crippen LogP contribution in [0, 0.1) is 17.3 Å². The van der Waals surface area contributed by atoms with Crippen molar-refractivity contribution in [1.82, 2.24) is 9.80 Å². The van der Waals surface area contributed by atoms with E-state index in [9.17, 15) is 14.7 Å². The molecule has 33 heavy (non-hydrogen) atoms. The summed E-state index contributed by atoms with van der Waals surface area (Å²) >= 11 is 0.154. The van der Waals surface area contributed by atoms with Crippen molar-refractivity contribution in [2.45, 2.75) is 50.7 Å². The topological polar surface area (TPSA) is 104 Å². The van der Waals surface area contributed by atoms with Crippen molar-refractivity contribution in [2.75, 3.05) is 30.6 Å². The molecule has 9 heteroatoms. The Hall–Kier alpha value is -1.59. The van der Waals surface area contributed by atoms with Gasteiger partial charge in [0.2, 0.25) is 5.91 Å². The first-order chi connectivity index (χ1) is 16.0. The maximum atomic E-state index is 13.1. The van der Waals surface area contributed by atoms with E-state index in [-0.39, 0.29) is 50.0 Å². The molecule has 0 aromatic rings. The molecular weight excluding hydrogens is 533 g/mol. The van der Waals surface area contributed by atoms with Gasteiger partial charge in [0.05, 0.1) is 18.2 Å². The minimum absolute atomic E-state index is 0.0535. The van der Waals surface area contributed by atoms with Crippen LogP contribution in [-0.2, 0) is 4.79 Å². The second-order valence-electron chi connectivity index (χ2n) is 10.5. The third-order valence-electron chi connectivity index (χ3n) is 8.99. The molecule has 8 nitrogen and oxygen atoms in total. The normalized spacial score (nSPS) is 36.8. The fraction of sp³-hybridized carbons (Fsp3) is 0.667. The molecule has 0 radical (unpaired) electrons. The minimum atomic E-state index is -0.431. The van der Waals surface area contributed by atoms with E-state index in [4.69, 9.17) is 5.73 Å². The van der Waals surface area contributed by atoms with Crippen LogP contribution in [0.4, 0.5) is 4.79 Å². The second-order valence-corrected chi connectivity index (χ2v) is 13.1. The Morgan fingerprint density at radius 3 is 2.82 bits per heavy atom. The molecule has 178 valence electrons. The highest BCUT2D eigenvalue weighted by atomic mass is 127. The number of aliphatic imine (C=N–C) groups is 1. The van der Waals surface area contributed by atoms with E-state index in [0.29, 0.717) is 32.2 Å². The number of amides is 3. The van der Waals surface area contributed by atoms with Gasteiger partial charge in [-0.3, -0.25) is 9.69 Å². The Labute approximate surface area is 204 Å². The molecule has 5 aliphatic heterocycles. The minimum Gasteiger partial charge on any atom is -0.392 e. The molecule has 3 amide bonds. The maximum absolute atomic E-state index is 13.1. The molecule has 1 saturated carbocycles. The first kappa shape index (κ1) is 21.9. The van der Waals surface area contributed by atoms with Crippen LogP contribution >= 0.6 is 20.7 Å². The summed E-state index contributed by atoms with van der Waals surface area (Å²) in [5.74, 6) is 0.284. The predicted octanol–water partition coefficient (Wildman–Crippen LogP) is 0.390. The number of aliphatic hydroxyl groups is 1. The van der Waals surface area contributed by atoms with Crippen LogP contribution in [0.1, 0.15) is 38.5 Å². The van der Waals surface area contributed by atoms with Gasteiger partial charge < -0.3 is 20.6 Å². The number of likely N-dealkylation sites (tertiary alicyclic amines) is 2. The number of rotatable bonds is 2. The molecule has 2 unspecified atom stereocenters. The zero-order chi connectivity index (χ0) is 22.7. The van der Waals surface area contributed by atoms with E-state index < -0.39 is 6.03 Å². The lowest BCUT2D eigenvalue weighted by Gasteiger charge is -2.57. The van der Waals surface area contributed by atoms with Crippen molar-refractivity contribution in [3.05, 3.63) is 23.0 Å². The van der Waals surface area contributed by atoms with Crippen molar-refractivity contribution in [3.8, 4) is 0 Å². The summed E-state index contributed by atoms with van der Waals surface area (Å²) in [5, 5.41) is 11.5. The molecule has 6 aliphatic rings. The van der Waals surface area contributed by atoms with Gasteiger partial charge in [-0.1, -0.05) is 0 Å². The van der Waals surface area contributed by atoms with Crippen molar-refractivity contribution < 1.29 is 19.6 Å². The fourth-order valence-corrected chi connectivity index (χ4v) is 9.52. The third-order valence-corrected chi connectivity index (χ3v) is 11.2. The van der Waals surface area contributed by atoms with Crippen LogP contribution in [0.25, 0.3) is 0 Å². The van der Waals surface area contributed by atoms with Crippen LogP contribution in [0.3, 0.4) is 0 Å². The molecule has 0 aromatic carbocycles. The van der Waals surface area contributed by atoms with Crippen LogP contribution in [0.2, 0.25) is 0 Å². The van der Waals surface area contributed by atoms with Gasteiger partial charge in [0.25, 0.3) is 0 Å². The Balaban J connectivity index is 1.10. The van der Waals surface area contributed by atoms with Gasteiger partial charge in [0.15, 0.2) is 12.0 Å². The number of fused-ring (bicyclic) bond motifs is 2. The number of quaternary nitrogens is 1. The van der Waals surface area contributed by atoms with Crippen molar-refractivity contribution in [3.63, 3.8) is 0 Å². The Morgan fingerprint density at radius 2 is 2.06 bits per heavy atom. The molecule has 5 atom stereocenters. The summed E-state index contributed by atoms with van der Waals surface area (Å²) < 4.78 is 3.79. The zero-order valence-electron chi connectivity index (χ0n) is 18.9. The number of allylic oxidation sites excluding steroid dienone is 1. The summed E-state index contributed by atoms with van der Waals surface area (Å²) in [7, 11) is 0. The fourth-order valence-electron chi connectivity index (χ4n) is 7.14. The average Bonchev–Trinajstić information content (AvgIpc) is 3.44. The lowest BCUT2D eigenvalue weighted by molar-refractivity contribution is -0.776. The van der Waals surface area contributed by atoms with E-state index >= 15 is 0 Å². The van der Waals surface area contributed by atoms with Gasteiger partial charge >= 0.3 is 6.03 Å². The smallest absolute Gasteiger partial charge is 0.314 e. The average molecular weight is 566 g/mol. The van der Waals surface area contributed by atoms with E-state index in [1.165, 1.54) is 27.0 Å². The van der Waals surface area contributed by atoms with Gasteiger partial charge in [-0.15, -0.1) is 20.7 Å². The van der Waals surface area contributed by atoms with E-state index in [1.807, 2.05) is 17.4 Å². The molecule has 6 rings (SSSR count). The van der Waals surface area contributed by atoms with Gasteiger partial charge in [-0.05, 0) is 47.0 Å². The lowest BCUT2D eigenvalue weighted by atomic mass is 9.52. The summed E-state index contributed by atoms with van der Waals surface area (Å²) in [6.07, 6.45) is 9.34. The number of nitrogens with two attached hydrogens (primary N) is 1. The number of urea groups is 1. The third kappa shape index (κ3) is 3.44.